The minimum absolute atomic E-state index is 0. The number of nitrogens with zero attached hydrogens (tertiary/aromatic N) is 6. The van der Waals surface area contributed by atoms with Gasteiger partial charge < -0.3 is 10.0 Å². The first-order valence-corrected chi connectivity index (χ1v) is 37.0. The minimum atomic E-state index is -1.50. The van der Waals surface area contributed by atoms with Crippen LogP contribution in [-0.4, -0.2) is 47.1 Å². The van der Waals surface area contributed by atoms with Gasteiger partial charge in [-0.25, -0.2) is 29.9 Å². The zero-order valence-corrected chi connectivity index (χ0v) is 60.8. The fourth-order valence-electron chi connectivity index (χ4n) is 17.5. The Labute approximate surface area is 649 Å². The van der Waals surface area contributed by atoms with E-state index in [1.165, 1.54) is 94.6 Å². The summed E-state index contributed by atoms with van der Waals surface area (Å²) < 4.78 is 0. The van der Waals surface area contributed by atoms with Crippen LogP contribution >= 0.6 is 11.6 Å². The van der Waals surface area contributed by atoms with Crippen molar-refractivity contribution in [1.29, 1.82) is 0 Å². The topological polar surface area (TPSA) is 118 Å². The lowest BCUT2D eigenvalue weighted by Gasteiger charge is -2.46. The molecular weight excluding hydrogens is 1360 g/mol. The lowest BCUT2D eigenvalue weighted by atomic mass is 9.55. The summed E-state index contributed by atoms with van der Waals surface area (Å²) in [6, 6.07) is 123. The van der Waals surface area contributed by atoms with Crippen LogP contribution in [0, 0.1) is 0 Å². The number of hydrogen-bond donors (Lipinski definition) is 2. The van der Waals surface area contributed by atoms with Gasteiger partial charge in [0.1, 0.15) is 0 Å². The number of hydrogen-bond acceptors (Lipinski definition) is 8. The normalized spacial score (nSPS) is 13.7. The molecule has 2 spiro atoms. The van der Waals surface area contributed by atoms with E-state index < -0.39 is 12.5 Å². The average Bonchev–Trinajstić information content (AvgIpc) is 1.41. The zero-order chi connectivity index (χ0) is 73.3. The van der Waals surface area contributed by atoms with Crippen molar-refractivity contribution in [2.75, 3.05) is 0 Å². The van der Waals surface area contributed by atoms with Crippen LogP contribution in [0.5, 0.6) is 0 Å². The van der Waals surface area contributed by atoms with Crippen molar-refractivity contribution in [3.8, 4) is 102 Å². The number of aromatic nitrogens is 6. The molecule has 20 rings (SSSR count). The Morgan fingerprint density at radius 3 is 0.800 bits per heavy atom. The van der Waals surface area contributed by atoms with Gasteiger partial charge in [0.2, 0.25) is 0 Å². The molecule has 0 radical (unpaired) electrons. The Bertz CT molecular complexity index is 5900. The molecule has 0 atom stereocenters. The van der Waals surface area contributed by atoms with E-state index in [4.69, 9.17) is 26.6 Å². The number of benzene rings is 14. The SMILES string of the molecule is C.C.CC1(C)c2ccccc2C2(c3ccccc3-c3c(-c4ccc(-c5nc(-c6ccccc6)nc(-c6ccccc6)n5)cc4)cccc32)c2ccccc21.CC1(C)c2ccccc2C2(c3ccccc3-c3c(Cl)cccc32)c2ccccc21.OB(O)c1ccc(-c2nc(-c3ccccc3)nc(-c3ccccc3)n2)cc1. The van der Waals surface area contributed by atoms with E-state index in [2.05, 4.69) is 243 Å². The molecule has 10 heteroatoms. The van der Waals surface area contributed by atoms with Gasteiger partial charge in [0.25, 0.3) is 0 Å². The van der Waals surface area contributed by atoms with Crippen LogP contribution in [0.3, 0.4) is 0 Å². The Hall–Kier alpha value is -12.6. The third-order valence-corrected chi connectivity index (χ3v) is 22.7. The van der Waals surface area contributed by atoms with E-state index >= 15 is 0 Å². The van der Waals surface area contributed by atoms with Crippen LogP contribution in [0.1, 0.15) is 109 Å². The summed E-state index contributed by atoms with van der Waals surface area (Å²) in [6.45, 7) is 9.43. The first-order valence-electron chi connectivity index (χ1n) is 36.7. The summed E-state index contributed by atoms with van der Waals surface area (Å²) in [6.07, 6.45) is 0. The molecule has 0 bridgehead atoms. The molecule has 2 aromatic heterocycles. The lowest BCUT2D eigenvalue weighted by Crippen LogP contribution is -2.40. The van der Waals surface area contributed by atoms with Gasteiger partial charge >= 0.3 is 7.12 Å². The fourth-order valence-corrected chi connectivity index (χ4v) is 17.8. The van der Waals surface area contributed by atoms with Gasteiger partial charge in [-0.2, -0.15) is 0 Å². The molecule has 0 fully saturated rings. The highest BCUT2D eigenvalue weighted by Gasteiger charge is 2.55. The van der Waals surface area contributed by atoms with Crippen molar-refractivity contribution < 1.29 is 10.0 Å². The maximum absolute atomic E-state index is 9.29. The van der Waals surface area contributed by atoms with E-state index in [0.717, 1.165) is 44.0 Å². The molecule has 0 saturated heterocycles. The molecule has 0 saturated carbocycles. The van der Waals surface area contributed by atoms with Crippen LogP contribution in [0.15, 0.2) is 352 Å². The standard InChI is InChI=1S/C49H35N3.C28H21Cl.C21H16BN3O2.2CH4/c1-48(2)39-23-11-13-25-41(39)49(42-26-14-12-24-40(42)48)38-22-10-9-20-37(38)44-36(21-15-27-43(44)49)32-28-30-35(31-29-32)47-51-45(33-16-5-3-6-17-33)50-46(52-47)34-18-7-4-8-19-34;1-27(2)20-12-5-7-14-22(20)28(23-15-8-6-13-21(23)27)19-11-4-3-10-18(19)26-24(28)16-9-17-25(26)29;26-22(27)18-13-11-17(12-14-18)21-24-19(15-7-3-1-4-8-15)23-20(25-21)16-9-5-2-6-10-16;;/h3-31H,1-2H3;3-17H,1-2H3;1-14,26-27H;2*1H4. The van der Waals surface area contributed by atoms with Crippen molar-refractivity contribution >= 4 is 24.2 Å². The highest BCUT2D eigenvalue weighted by Crippen LogP contribution is 2.65. The maximum atomic E-state index is 9.29. The average molecular weight is 1440 g/mol. The molecule has 0 unspecified atom stereocenters. The van der Waals surface area contributed by atoms with Crippen LogP contribution in [0.4, 0.5) is 0 Å². The minimum Gasteiger partial charge on any atom is -0.423 e. The second-order valence-corrected chi connectivity index (χ2v) is 29.5. The molecule has 8 nitrogen and oxygen atoms in total. The Morgan fingerprint density at radius 2 is 0.464 bits per heavy atom. The summed E-state index contributed by atoms with van der Waals surface area (Å²) in [4.78, 5) is 28.7. The van der Waals surface area contributed by atoms with E-state index in [0.29, 0.717) is 40.4 Å². The molecule has 0 amide bonds. The molecule has 0 aliphatic heterocycles. The van der Waals surface area contributed by atoms with Crippen molar-refractivity contribution in [3.63, 3.8) is 0 Å². The van der Waals surface area contributed by atoms with E-state index in [1.54, 1.807) is 24.3 Å². The van der Waals surface area contributed by atoms with Gasteiger partial charge in [-0.05, 0) is 106 Å². The first-order chi connectivity index (χ1) is 52.8. The Kier molecular flexibility index (Phi) is 18.8. The van der Waals surface area contributed by atoms with E-state index in [9.17, 15) is 10.0 Å². The van der Waals surface area contributed by atoms with Crippen molar-refractivity contribution in [2.45, 2.75) is 64.2 Å². The Morgan fingerprint density at radius 1 is 0.227 bits per heavy atom. The quantitative estimate of drug-likeness (QED) is 0.145. The summed E-state index contributed by atoms with van der Waals surface area (Å²) in [5, 5.41) is 19.4. The molecule has 16 aromatic rings. The zero-order valence-electron chi connectivity index (χ0n) is 60.0. The Balaban J connectivity index is 0.000000135. The monoisotopic (exact) mass is 1440 g/mol. The molecular formula is C100H80BClN6O2. The predicted octanol–water partition coefficient (Wildman–Crippen LogP) is 22.7. The third-order valence-electron chi connectivity index (χ3n) is 22.4. The van der Waals surface area contributed by atoms with Gasteiger partial charge in [-0.1, -0.05) is 400 Å². The largest absolute Gasteiger partial charge is 0.488 e. The summed E-state index contributed by atoms with van der Waals surface area (Å²) in [5.74, 6) is 3.68. The van der Waals surface area contributed by atoms with Gasteiger partial charge in [-0.15, -0.1) is 0 Å². The smallest absolute Gasteiger partial charge is 0.423 e. The van der Waals surface area contributed by atoms with Crippen molar-refractivity contribution in [2.24, 2.45) is 0 Å². The van der Waals surface area contributed by atoms with Crippen LogP contribution in [0.25, 0.3) is 102 Å². The van der Waals surface area contributed by atoms with Crippen LogP contribution < -0.4 is 5.46 Å². The predicted molar refractivity (Wildman–Crippen MR) is 451 cm³/mol. The number of halogens is 1. The summed E-state index contributed by atoms with van der Waals surface area (Å²) in [7, 11) is -1.50. The second kappa shape index (κ2) is 28.8. The third kappa shape index (κ3) is 11.7. The van der Waals surface area contributed by atoms with Gasteiger partial charge in [0.05, 0.1) is 10.8 Å². The fraction of sp³-hybridized carbons (Fsp3) is 0.100. The summed E-state index contributed by atoms with van der Waals surface area (Å²) in [5.41, 5.74) is 28.7. The molecule has 4 aliphatic carbocycles. The first kappa shape index (κ1) is 71.6. The van der Waals surface area contributed by atoms with Gasteiger partial charge in [0.15, 0.2) is 34.9 Å². The molecule has 4 aliphatic rings. The highest BCUT2D eigenvalue weighted by atomic mass is 35.5. The maximum Gasteiger partial charge on any atom is 0.488 e. The van der Waals surface area contributed by atoms with Gasteiger partial charge in [0, 0.05) is 54.8 Å². The number of rotatable bonds is 8. The highest BCUT2D eigenvalue weighted by molar-refractivity contribution is 6.58. The van der Waals surface area contributed by atoms with Crippen LogP contribution in [-0.2, 0) is 21.7 Å². The van der Waals surface area contributed by atoms with Crippen molar-refractivity contribution in [3.05, 3.63) is 424 Å². The van der Waals surface area contributed by atoms with Gasteiger partial charge in [-0.3, -0.25) is 0 Å². The molecule has 110 heavy (non-hydrogen) atoms. The number of fused-ring (bicyclic) bond motifs is 18. The molecule has 532 valence electrons. The van der Waals surface area contributed by atoms with E-state index in [1.807, 2.05) is 127 Å². The lowest BCUT2D eigenvalue weighted by molar-refractivity contribution is 0.426. The summed E-state index contributed by atoms with van der Waals surface area (Å²) >= 11 is 6.81. The second-order valence-electron chi connectivity index (χ2n) is 29.1. The van der Waals surface area contributed by atoms with E-state index in [-0.39, 0.29) is 31.1 Å². The molecule has 14 aromatic carbocycles. The van der Waals surface area contributed by atoms with Crippen molar-refractivity contribution in [1.82, 2.24) is 29.9 Å². The van der Waals surface area contributed by atoms with Crippen LogP contribution in [0.2, 0.25) is 5.02 Å². The molecule has 2 N–H and O–H groups in total. The molecule has 2 heterocycles.